The average molecular weight is 649 g/mol. The van der Waals surface area contributed by atoms with Gasteiger partial charge >= 0.3 is 11.9 Å². The third-order valence-electron chi connectivity index (χ3n) is 8.31. The molecule has 15 nitrogen and oxygen atoms in total. The Kier molecular flexibility index (Phi) is 9.40. The summed E-state index contributed by atoms with van der Waals surface area (Å²) in [5.74, 6) is -0.167. The Morgan fingerprint density at radius 1 is 0.957 bits per heavy atom. The summed E-state index contributed by atoms with van der Waals surface area (Å²) in [7, 11) is 0. The molecule has 1 saturated heterocycles. The molecule has 1 fully saturated rings. The Balaban J connectivity index is 1.18. The highest BCUT2D eigenvalue weighted by Crippen LogP contribution is 2.55. The van der Waals surface area contributed by atoms with E-state index in [2.05, 4.69) is 6.92 Å². The molecule has 4 aliphatic rings. The van der Waals surface area contributed by atoms with Crippen LogP contribution in [-0.2, 0) is 30.4 Å². The van der Waals surface area contributed by atoms with Crippen molar-refractivity contribution in [2.24, 2.45) is 0 Å². The molecule has 250 valence electrons. The van der Waals surface area contributed by atoms with Crippen molar-refractivity contribution in [3.8, 4) is 28.7 Å². The zero-order chi connectivity index (χ0) is 32.5. The fourth-order valence-corrected chi connectivity index (χ4v) is 6.02. The van der Waals surface area contributed by atoms with Crippen LogP contribution in [0.3, 0.4) is 0 Å². The molecule has 5 N–H and O–H groups in total. The molecule has 8 unspecified atom stereocenters. The van der Waals surface area contributed by atoms with Crippen molar-refractivity contribution >= 4 is 11.9 Å². The second-order valence-corrected chi connectivity index (χ2v) is 11.5. The number of benzene rings is 2. The lowest BCUT2D eigenvalue weighted by molar-refractivity contribution is -0.365. The van der Waals surface area contributed by atoms with Crippen molar-refractivity contribution in [1.29, 1.82) is 0 Å². The Labute approximate surface area is 263 Å². The maximum Gasteiger partial charge on any atom is 0.317 e. The van der Waals surface area contributed by atoms with Gasteiger partial charge in [0.2, 0.25) is 0 Å². The van der Waals surface area contributed by atoms with Gasteiger partial charge in [0.15, 0.2) is 29.6 Å². The summed E-state index contributed by atoms with van der Waals surface area (Å²) in [6.45, 7) is 1.56. The van der Waals surface area contributed by atoms with Crippen LogP contribution in [0.1, 0.15) is 61.3 Å². The van der Waals surface area contributed by atoms with Crippen LogP contribution in [0.4, 0.5) is 0 Å². The van der Waals surface area contributed by atoms with E-state index >= 15 is 0 Å². The van der Waals surface area contributed by atoms with Gasteiger partial charge in [-0.3, -0.25) is 9.59 Å². The van der Waals surface area contributed by atoms with Crippen molar-refractivity contribution in [2.45, 2.75) is 88.0 Å². The van der Waals surface area contributed by atoms with Gasteiger partial charge in [0.1, 0.15) is 55.5 Å². The summed E-state index contributed by atoms with van der Waals surface area (Å²) < 4.78 is 34.1. The lowest BCUT2D eigenvalue weighted by atomic mass is 9.87. The molecular weight excluding hydrogens is 612 g/mol. The molecule has 6 rings (SSSR count). The minimum atomic E-state index is -1.79. The van der Waals surface area contributed by atoms with Crippen molar-refractivity contribution in [3.05, 3.63) is 41.0 Å². The Bertz CT molecular complexity index is 1450. The highest BCUT2D eigenvalue weighted by Gasteiger charge is 2.47. The normalized spacial score (nSPS) is 28.7. The maximum absolute atomic E-state index is 11.6. The number of aliphatic hydroxyl groups is 4. The van der Waals surface area contributed by atoms with E-state index < -0.39 is 68.1 Å². The molecule has 0 spiro atoms. The standard InChI is InChI=1S/C31H36O15/c1-2-3-4-5-14-6-15(45-46-30-27(37)26(36)22(44-31(30)38)13-39-24(35)10-23(33)34)7-17-28(14)40-12-18-16-8-20-21(42-25(11-32)41-20)9-19(16)43-29(17)18/h6-9,18,22,25-27,29-32,36-38H,2-5,10-13H2,1H3,(H,33,34). The first kappa shape index (κ1) is 32.1. The number of aliphatic carboxylic acids is 1. The summed E-state index contributed by atoms with van der Waals surface area (Å²) >= 11 is 0. The van der Waals surface area contributed by atoms with Gasteiger partial charge < -0.3 is 58.8 Å². The minimum absolute atomic E-state index is 0.184. The highest BCUT2D eigenvalue weighted by molar-refractivity contribution is 5.90. The fourth-order valence-electron chi connectivity index (χ4n) is 6.02. The number of ether oxygens (including phenoxy) is 6. The lowest BCUT2D eigenvalue weighted by Gasteiger charge is -2.39. The quantitative estimate of drug-likeness (QED) is 0.0721. The predicted octanol–water partition coefficient (Wildman–Crippen LogP) is 1.25. The summed E-state index contributed by atoms with van der Waals surface area (Å²) in [5, 5.41) is 49.8. The van der Waals surface area contributed by atoms with Crippen LogP contribution in [0.25, 0.3) is 0 Å². The van der Waals surface area contributed by atoms with E-state index in [-0.39, 0.29) is 18.3 Å². The van der Waals surface area contributed by atoms with Crippen molar-refractivity contribution in [1.82, 2.24) is 0 Å². The van der Waals surface area contributed by atoms with Crippen molar-refractivity contribution in [2.75, 3.05) is 19.8 Å². The minimum Gasteiger partial charge on any atom is -0.492 e. The molecule has 0 saturated carbocycles. The maximum atomic E-state index is 11.6. The molecule has 0 aromatic heterocycles. The molecule has 0 bridgehead atoms. The second-order valence-electron chi connectivity index (χ2n) is 11.5. The zero-order valence-corrected chi connectivity index (χ0v) is 24.9. The monoisotopic (exact) mass is 648 g/mol. The molecule has 4 heterocycles. The van der Waals surface area contributed by atoms with Gasteiger partial charge in [-0.25, -0.2) is 0 Å². The van der Waals surface area contributed by atoms with Gasteiger partial charge in [0, 0.05) is 17.2 Å². The third kappa shape index (κ3) is 6.38. The van der Waals surface area contributed by atoms with Gasteiger partial charge in [-0.05, 0) is 36.6 Å². The fraction of sp³-hybridized carbons (Fsp3) is 0.548. The van der Waals surface area contributed by atoms with Crippen molar-refractivity contribution < 1.29 is 73.3 Å². The molecule has 2 aromatic rings. The average Bonchev–Trinajstić information content (AvgIpc) is 3.61. The molecular formula is C31H36O15. The van der Waals surface area contributed by atoms with Crippen LogP contribution in [0.5, 0.6) is 28.7 Å². The number of aliphatic hydroxyl groups excluding tert-OH is 4. The van der Waals surface area contributed by atoms with E-state index in [1.54, 1.807) is 18.2 Å². The summed E-state index contributed by atoms with van der Waals surface area (Å²) in [6, 6.07) is 7.00. The van der Waals surface area contributed by atoms with E-state index in [4.69, 9.17) is 43.3 Å². The van der Waals surface area contributed by atoms with Gasteiger partial charge in [-0.1, -0.05) is 19.8 Å². The molecule has 4 aliphatic heterocycles. The summed E-state index contributed by atoms with van der Waals surface area (Å²) in [4.78, 5) is 33.2. The summed E-state index contributed by atoms with van der Waals surface area (Å²) in [6.07, 6.45) is -6.62. The number of esters is 1. The number of carbonyl (C=O) groups excluding carboxylic acids is 1. The van der Waals surface area contributed by atoms with E-state index in [1.807, 2.05) is 6.07 Å². The lowest BCUT2D eigenvalue weighted by Crippen LogP contribution is -2.59. The second kappa shape index (κ2) is 13.5. The van der Waals surface area contributed by atoms with E-state index in [9.17, 15) is 30.0 Å². The topological polar surface area (TPSA) is 209 Å². The van der Waals surface area contributed by atoms with Crippen LogP contribution in [0.15, 0.2) is 24.3 Å². The Morgan fingerprint density at radius 2 is 1.74 bits per heavy atom. The van der Waals surface area contributed by atoms with Gasteiger partial charge in [-0.15, -0.1) is 0 Å². The molecule has 15 heteroatoms. The number of aryl methyl sites for hydroxylation is 1. The van der Waals surface area contributed by atoms with Crippen LogP contribution in [0.2, 0.25) is 0 Å². The summed E-state index contributed by atoms with van der Waals surface area (Å²) in [5.41, 5.74) is 2.43. The SMILES string of the molecule is CCCCCc1cc(OOC2C(O)OC(COC(=O)CC(=O)O)C(O)C2O)cc2c1OCC1c3cc4c(cc3OC21)OC(CO)O4. The molecule has 46 heavy (non-hydrogen) atoms. The van der Waals surface area contributed by atoms with Crippen LogP contribution < -0.4 is 23.8 Å². The smallest absolute Gasteiger partial charge is 0.317 e. The van der Waals surface area contributed by atoms with Gasteiger partial charge in [-0.2, -0.15) is 4.89 Å². The number of carbonyl (C=O) groups is 2. The van der Waals surface area contributed by atoms with E-state index in [1.165, 1.54) is 0 Å². The number of rotatable bonds is 12. The molecule has 2 aromatic carbocycles. The molecule has 0 aliphatic carbocycles. The van der Waals surface area contributed by atoms with Gasteiger partial charge in [0.25, 0.3) is 6.29 Å². The zero-order valence-electron chi connectivity index (χ0n) is 24.9. The van der Waals surface area contributed by atoms with Crippen LogP contribution in [0, 0.1) is 0 Å². The Hall–Kier alpha value is -3.86. The van der Waals surface area contributed by atoms with Crippen LogP contribution in [-0.4, -0.2) is 94.3 Å². The number of carboxylic acids is 1. The Morgan fingerprint density at radius 3 is 2.48 bits per heavy atom. The predicted molar refractivity (Wildman–Crippen MR) is 151 cm³/mol. The first-order valence-electron chi connectivity index (χ1n) is 15.2. The van der Waals surface area contributed by atoms with Crippen LogP contribution >= 0.6 is 0 Å². The molecule has 0 amide bonds. The first-order chi connectivity index (χ1) is 22.2. The third-order valence-corrected chi connectivity index (χ3v) is 8.31. The number of hydrogen-bond donors (Lipinski definition) is 5. The number of hydrogen-bond acceptors (Lipinski definition) is 14. The van der Waals surface area contributed by atoms with Crippen molar-refractivity contribution in [3.63, 3.8) is 0 Å². The first-order valence-corrected chi connectivity index (χ1v) is 15.2. The number of carboxylic acid groups (broad SMARTS) is 1. The number of fused-ring (bicyclic) bond motifs is 6. The largest absolute Gasteiger partial charge is 0.492 e. The molecule has 8 atom stereocenters. The van der Waals surface area contributed by atoms with E-state index in [0.717, 1.165) is 30.4 Å². The highest BCUT2D eigenvalue weighted by atomic mass is 17.2. The van der Waals surface area contributed by atoms with E-state index in [0.29, 0.717) is 41.6 Å². The van der Waals surface area contributed by atoms with Gasteiger partial charge in [0.05, 0.1) is 12.5 Å². The number of unbranched alkanes of at least 4 members (excludes halogenated alkanes) is 2. The molecule has 0 radical (unpaired) electrons.